The second-order valence-corrected chi connectivity index (χ2v) is 6.58. The van der Waals surface area contributed by atoms with Crippen LogP contribution in [0.5, 0.6) is 0 Å². The van der Waals surface area contributed by atoms with Crippen molar-refractivity contribution < 1.29 is 9.15 Å². The Labute approximate surface area is 118 Å². The molecule has 3 nitrogen and oxygen atoms in total. The van der Waals surface area contributed by atoms with Crippen molar-refractivity contribution >= 4 is 11.3 Å². The number of thiophene rings is 1. The molecule has 0 radical (unpaired) electrons. The van der Waals surface area contributed by atoms with Crippen molar-refractivity contribution in [1.29, 1.82) is 0 Å². The second kappa shape index (κ2) is 6.37. The molecule has 2 heterocycles. The first kappa shape index (κ1) is 14.3. The summed E-state index contributed by atoms with van der Waals surface area (Å²) in [6.45, 7) is 8.41. The molecule has 0 aliphatic carbocycles. The Morgan fingerprint density at radius 3 is 2.79 bits per heavy atom. The highest BCUT2D eigenvalue weighted by Crippen LogP contribution is 2.15. The number of nitrogens with one attached hydrogen (secondary N) is 1. The summed E-state index contributed by atoms with van der Waals surface area (Å²) in [6, 6.07) is 6.11. The van der Waals surface area contributed by atoms with Gasteiger partial charge in [0.1, 0.15) is 5.76 Å². The molecular formula is C15H21NO2S. The van der Waals surface area contributed by atoms with Crippen LogP contribution >= 0.6 is 11.3 Å². The summed E-state index contributed by atoms with van der Waals surface area (Å²) >= 11 is 1.72. The smallest absolute Gasteiger partial charge is 0.123 e. The van der Waals surface area contributed by atoms with E-state index in [1.54, 1.807) is 17.6 Å². The first-order chi connectivity index (χ1) is 9.04. The van der Waals surface area contributed by atoms with Gasteiger partial charge in [-0.05, 0) is 38.3 Å². The average Bonchev–Trinajstić information content (AvgIpc) is 2.96. The standard InChI is InChI=1S/C15H21NO2S/c1-15(2,3)16-9-14-12(6-7-18-14)10-17-11-13-5-4-8-19-13/h4-8,16H,9-11H2,1-3H3. The molecule has 0 bridgehead atoms. The van der Waals surface area contributed by atoms with Gasteiger partial charge in [-0.3, -0.25) is 0 Å². The van der Waals surface area contributed by atoms with Crippen LogP contribution in [0.4, 0.5) is 0 Å². The van der Waals surface area contributed by atoms with Crippen LogP contribution in [-0.2, 0) is 24.5 Å². The van der Waals surface area contributed by atoms with Crippen LogP contribution in [0.2, 0.25) is 0 Å². The molecule has 0 aliphatic heterocycles. The molecule has 2 aromatic rings. The van der Waals surface area contributed by atoms with Crippen LogP contribution in [0.3, 0.4) is 0 Å². The molecule has 0 saturated heterocycles. The molecule has 1 N–H and O–H groups in total. The quantitative estimate of drug-likeness (QED) is 0.869. The zero-order chi connectivity index (χ0) is 13.7. The molecule has 2 rings (SSSR count). The van der Waals surface area contributed by atoms with Crippen molar-refractivity contribution in [3.05, 3.63) is 46.0 Å². The Bertz CT molecular complexity index is 482. The van der Waals surface area contributed by atoms with Crippen molar-refractivity contribution in [2.24, 2.45) is 0 Å². The third-order valence-corrected chi connectivity index (χ3v) is 3.55. The molecule has 2 aromatic heterocycles. The van der Waals surface area contributed by atoms with Gasteiger partial charge in [0.25, 0.3) is 0 Å². The van der Waals surface area contributed by atoms with Crippen molar-refractivity contribution in [3.63, 3.8) is 0 Å². The maximum absolute atomic E-state index is 5.72. The number of furan rings is 1. The lowest BCUT2D eigenvalue weighted by molar-refractivity contribution is 0.108. The summed E-state index contributed by atoms with van der Waals surface area (Å²) in [5, 5.41) is 5.49. The van der Waals surface area contributed by atoms with Gasteiger partial charge in [0.15, 0.2) is 0 Å². The Hall–Kier alpha value is -1.10. The molecule has 19 heavy (non-hydrogen) atoms. The molecule has 0 spiro atoms. The fourth-order valence-electron chi connectivity index (χ4n) is 1.65. The van der Waals surface area contributed by atoms with E-state index in [0.717, 1.165) is 17.9 Å². The van der Waals surface area contributed by atoms with Gasteiger partial charge in [0.05, 0.1) is 26.0 Å². The van der Waals surface area contributed by atoms with Crippen molar-refractivity contribution in [2.75, 3.05) is 0 Å². The van der Waals surface area contributed by atoms with Crippen molar-refractivity contribution in [2.45, 2.75) is 46.1 Å². The minimum absolute atomic E-state index is 0.0852. The molecule has 0 aromatic carbocycles. The van der Waals surface area contributed by atoms with Gasteiger partial charge in [0.2, 0.25) is 0 Å². The highest BCUT2D eigenvalue weighted by molar-refractivity contribution is 7.09. The van der Waals surface area contributed by atoms with Gasteiger partial charge >= 0.3 is 0 Å². The SMILES string of the molecule is CC(C)(C)NCc1occc1COCc1cccs1. The normalized spacial score (nSPS) is 11.9. The van der Waals surface area contributed by atoms with Gasteiger partial charge in [-0.15, -0.1) is 11.3 Å². The van der Waals surface area contributed by atoms with E-state index in [9.17, 15) is 0 Å². The number of ether oxygens (including phenoxy) is 1. The summed E-state index contributed by atoms with van der Waals surface area (Å²) in [5.41, 5.74) is 1.20. The van der Waals surface area contributed by atoms with E-state index in [4.69, 9.17) is 9.15 Å². The van der Waals surface area contributed by atoms with Gasteiger partial charge in [-0.1, -0.05) is 6.07 Å². The lowest BCUT2D eigenvalue weighted by Gasteiger charge is -2.20. The lowest BCUT2D eigenvalue weighted by Crippen LogP contribution is -2.35. The minimum Gasteiger partial charge on any atom is -0.468 e. The molecule has 0 amide bonds. The summed E-state index contributed by atoms with van der Waals surface area (Å²) in [7, 11) is 0. The topological polar surface area (TPSA) is 34.4 Å². The van der Waals surface area contributed by atoms with E-state index in [1.807, 2.05) is 12.1 Å². The summed E-state index contributed by atoms with van der Waals surface area (Å²) in [6.07, 6.45) is 1.73. The van der Waals surface area contributed by atoms with Gasteiger partial charge in [0, 0.05) is 16.0 Å². The van der Waals surface area contributed by atoms with Crippen LogP contribution < -0.4 is 5.32 Å². The van der Waals surface area contributed by atoms with Gasteiger partial charge in [-0.2, -0.15) is 0 Å². The second-order valence-electron chi connectivity index (χ2n) is 5.54. The van der Waals surface area contributed by atoms with Crippen LogP contribution in [0.15, 0.2) is 34.3 Å². The van der Waals surface area contributed by atoms with Crippen LogP contribution in [-0.4, -0.2) is 5.54 Å². The molecule has 0 aliphatic rings. The van der Waals surface area contributed by atoms with Gasteiger partial charge < -0.3 is 14.5 Å². The van der Waals surface area contributed by atoms with E-state index in [-0.39, 0.29) is 5.54 Å². The minimum atomic E-state index is 0.0852. The van der Waals surface area contributed by atoms with Crippen LogP contribution in [0, 0.1) is 0 Å². The Morgan fingerprint density at radius 2 is 2.11 bits per heavy atom. The fraction of sp³-hybridized carbons (Fsp3) is 0.467. The molecule has 0 unspecified atom stereocenters. The van der Waals surface area contributed by atoms with Crippen LogP contribution in [0.25, 0.3) is 0 Å². The molecular weight excluding hydrogens is 258 g/mol. The summed E-state index contributed by atoms with van der Waals surface area (Å²) < 4.78 is 11.2. The largest absolute Gasteiger partial charge is 0.468 e. The first-order valence-electron chi connectivity index (χ1n) is 6.45. The van der Waals surface area contributed by atoms with Gasteiger partial charge in [-0.25, -0.2) is 0 Å². The van der Waals surface area contributed by atoms with E-state index in [2.05, 4.69) is 37.5 Å². The number of hydrogen-bond acceptors (Lipinski definition) is 4. The summed E-state index contributed by atoms with van der Waals surface area (Å²) in [5.74, 6) is 0.959. The molecule has 0 atom stereocenters. The maximum Gasteiger partial charge on any atom is 0.123 e. The summed E-state index contributed by atoms with van der Waals surface area (Å²) in [4.78, 5) is 1.25. The predicted octanol–water partition coefficient (Wildman–Crippen LogP) is 3.95. The average molecular weight is 279 g/mol. The van der Waals surface area contributed by atoms with E-state index in [0.29, 0.717) is 13.2 Å². The van der Waals surface area contributed by atoms with E-state index >= 15 is 0 Å². The first-order valence-corrected chi connectivity index (χ1v) is 7.33. The van der Waals surface area contributed by atoms with Crippen molar-refractivity contribution in [1.82, 2.24) is 5.32 Å². The number of rotatable bonds is 6. The van der Waals surface area contributed by atoms with Crippen LogP contribution in [0.1, 0.15) is 37.0 Å². The molecule has 0 fully saturated rings. The monoisotopic (exact) mass is 279 g/mol. The Morgan fingerprint density at radius 1 is 1.26 bits per heavy atom. The Kier molecular flexibility index (Phi) is 4.80. The van der Waals surface area contributed by atoms with Crippen molar-refractivity contribution in [3.8, 4) is 0 Å². The lowest BCUT2D eigenvalue weighted by atomic mass is 10.1. The van der Waals surface area contributed by atoms with E-state index < -0.39 is 0 Å². The Balaban J connectivity index is 1.82. The number of hydrogen-bond donors (Lipinski definition) is 1. The molecule has 0 saturated carbocycles. The van der Waals surface area contributed by atoms with E-state index in [1.165, 1.54) is 4.88 Å². The zero-order valence-corrected chi connectivity index (χ0v) is 12.5. The third kappa shape index (κ3) is 4.82. The maximum atomic E-state index is 5.72. The third-order valence-electron chi connectivity index (χ3n) is 2.70. The highest BCUT2D eigenvalue weighted by Gasteiger charge is 2.12. The fourth-order valence-corrected chi connectivity index (χ4v) is 2.29. The zero-order valence-electron chi connectivity index (χ0n) is 11.7. The molecule has 104 valence electrons. The molecule has 4 heteroatoms. The predicted molar refractivity (Wildman–Crippen MR) is 78.1 cm³/mol. The highest BCUT2D eigenvalue weighted by atomic mass is 32.1.